The molecule has 1 aromatic carbocycles. The number of nitrogens with zero attached hydrogens (tertiary/aromatic N) is 3. The third-order valence-electron chi connectivity index (χ3n) is 6.35. The summed E-state index contributed by atoms with van der Waals surface area (Å²) in [6.07, 6.45) is 2.57. The Morgan fingerprint density at radius 3 is 2.50 bits per heavy atom. The van der Waals surface area contributed by atoms with Crippen LogP contribution in [0.1, 0.15) is 25.7 Å². The van der Waals surface area contributed by atoms with Gasteiger partial charge in [0.15, 0.2) is 0 Å². The second-order valence-electron chi connectivity index (χ2n) is 8.17. The zero-order valence-electron chi connectivity index (χ0n) is 17.1. The summed E-state index contributed by atoms with van der Waals surface area (Å²) in [5.74, 6) is -0.454. The fourth-order valence-electron chi connectivity index (χ4n) is 4.51. The first-order chi connectivity index (χ1) is 14.4. The Kier molecular flexibility index (Phi) is 6.15. The highest BCUT2D eigenvalue weighted by Gasteiger charge is 2.36. The lowest BCUT2D eigenvalue weighted by Crippen LogP contribution is -2.57. The number of ether oxygens (including phenoxy) is 1. The van der Waals surface area contributed by atoms with Crippen molar-refractivity contribution < 1.29 is 19.1 Å². The molecular formula is C21H27ClN4O4. The molecule has 1 atom stereocenters. The number of likely N-dealkylation sites (N-methyl/N-ethyl adjacent to an activating group) is 1. The molecule has 3 fully saturated rings. The topological polar surface area (TPSA) is 82.2 Å². The normalized spacial score (nSPS) is 23.0. The van der Waals surface area contributed by atoms with Gasteiger partial charge in [-0.05, 0) is 49.1 Å². The van der Waals surface area contributed by atoms with E-state index < -0.39 is 5.37 Å². The highest BCUT2D eigenvalue weighted by Crippen LogP contribution is 2.29. The van der Waals surface area contributed by atoms with Crippen LogP contribution in [-0.4, -0.2) is 73.6 Å². The van der Waals surface area contributed by atoms with Crippen LogP contribution in [0.4, 0.5) is 16.2 Å². The molecule has 3 saturated heterocycles. The van der Waals surface area contributed by atoms with Crippen LogP contribution in [-0.2, 0) is 14.3 Å². The van der Waals surface area contributed by atoms with Gasteiger partial charge in [-0.2, -0.15) is 0 Å². The number of nitrogens with one attached hydrogen (secondary N) is 1. The predicted molar refractivity (Wildman–Crippen MR) is 114 cm³/mol. The minimum Gasteiger partial charge on any atom is -0.377 e. The number of halogens is 1. The third kappa shape index (κ3) is 4.25. The Balaban J connectivity index is 1.40. The molecule has 1 aromatic rings. The van der Waals surface area contributed by atoms with Crippen LogP contribution in [0.25, 0.3) is 0 Å². The summed E-state index contributed by atoms with van der Waals surface area (Å²) in [6.45, 7) is 2.77. The van der Waals surface area contributed by atoms with E-state index in [0.717, 1.165) is 37.3 Å². The zero-order valence-corrected chi connectivity index (χ0v) is 17.8. The molecule has 0 aromatic heterocycles. The fraction of sp³-hybridized carbons (Fsp3) is 0.571. The van der Waals surface area contributed by atoms with Gasteiger partial charge in [-0.3, -0.25) is 19.7 Å². The number of carbonyl (C=O) groups excluding carboxylic acids is 3. The molecule has 1 unspecified atom stereocenters. The van der Waals surface area contributed by atoms with Crippen molar-refractivity contribution in [3.05, 3.63) is 24.3 Å². The van der Waals surface area contributed by atoms with Crippen molar-refractivity contribution in [1.82, 2.24) is 10.2 Å². The van der Waals surface area contributed by atoms with Crippen LogP contribution in [0, 0.1) is 0 Å². The van der Waals surface area contributed by atoms with Crippen molar-refractivity contribution in [3.8, 4) is 0 Å². The quantitative estimate of drug-likeness (QED) is 0.433. The molecule has 162 valence electrons. The standard InChI is InChI=1S/C21H27ClN4O4/c1-24(18-5-6-19(27)23-20(18)28)15-3-2-4-16(11-15)25-9-7-14(8-10-25)26(21(22)29)17-12-30-13-17/h2-4,11,14,17-18H,5-10,12-13H2,1H3,(H,23,27,28). The molecule has 8 nitrogen and oxygen atoms in total. The minimum atomic E-state index is -0.394. The summed E-state index contributed by atoms with van der Waals surface area (Å²) < 4.78 is 5.23. The van der Waals surface area contributed by atoms with Gasteiger partial charge < -0.3 is 19.4 Å². The van der Waals surface area contributed by atoms with Crippen LogP contribution in [0.2, 0.25) is 0 Å². The van der Waals surface area contributed by atoms with E-state index in [1.54, 1.807) is 4.90 Å². The van der Waals surface area contributed by atoms with E-state index in [4.69, 9.17) is 16.3 Å². The van der Waals surface area contributed by atoms with Crippen molar-refractivity contribution in [1.29, 1.82) is 0 Å². The molecule has 0 radical (unpaired) electrons. The monoisotopic (exact) mass is 434 g/mol. The summed E-state index contributed by atoms with van der Waals surface area (Å²) in [7, 11) is 1.88. The van der Waals surface area contributed by atoms with Crippen LogP contribution in [0.15, 0.2) is 24.3 Å². The molecule has 0 bridgehead atoms. The second kappa shape index (κ2) is 8.81. The molecule has 9 heteroatoms. The van der Waals surface area contributed by atoms with Gasteiger partial charge in [0.2, 0.25) is 11.8 Å². The van der Waals surface area contributed by atoms with E-state index in [1.807, 2.05) is 24.1 Å². The summed E-state index contributed by atoms with van der Waals surface area (Å²) in [5, 5.41) is 2.03. The lowest BCUT2D eigenvalue weighted by atomic mass is 10.00. The maximum Gasteiger partial charge on any atom is 0.317 e. The number of amides is 3. The van der Waals surface area contributed by atoms with Crippen LogP contribution < -0.4 is 15.1 Å². The maximum atomic E-state index is 12.2. The van der Waals surface area contributed by atoms with E-state index in [2.05, 4.69) is 22.3 Å². The Labute approximate surface area is 181 Å². The summed E-state index contributed by atoms with van der Waals surface area (Å²) in [5.41, 5.74) is 2.02. The number of imide groups is 1. The number of anilines is 2. The summed E-state index contributed by atoms with van der Waals surface area (Å²) in [6, 6.07) is 7.98. The van der Waals surface area contributed by atoms with E-state index in [-0.39, 0.29) is 29.9 Å². The summed E-state index contributed by atoms with van der Waals surface area (Å²) >= 11 is 5.85. The van der Waals surface area contributed by atoms with Gasteiger partial charge in [0.05, 0.1) is 19.3 Å². The highest BCUT2D eigenvalue weighted by molar-refractivity contribution is 6.62. The Morgan fingerprint density at radius 2 is 1.90 bits per heavy atom. The zero-order chi connectivity index (χ0) is 21.3. The average molecular weight is 435 g/mol. The number of piperidine rings is 2. The first kappa shape index (κ1) is 20.9. The van der Waals surface area contributed by atoms with Gasteiger partial charge in [0.25, 0.3) is 0 Å². The first-order valence-corrected chi connectivity index (χ1v) is 10.8. The number of hydrogen-bond donors (Lipinski definition) is 1. The average Bonchev–Trinajstić information content (AvgIpc) is 2.70. The van der Waals surface area contributed by atoms with E-state index in [1.165, 1.54) is 0 Å². The van der Waals surface area contributed by atoms with Gasteiger partial charge in [0, 0.05) is 44.0 Å². The van der Waals surface area contributed by atoms with Gasteiger partial charge in [0.1, 0.15) is 6.04 Å². The van der Waals surface area contributed by atoms with Crippen molar-refractivity contribution >= 4 is 40.2 Å². The number of carbonyl (C=O) groups is 3. The molecule has 0 saturated carbocycles. The molecular weight excluding hydrogens is 408 g/mol. The Bertz CT molecular complexity index is 823. The molecule has 0 aliphatic carbocycles. The molecule has 3 aliphatic rings. The number of hydrogen-bond acceptors (Lipinski definition) is 6. The van der Waals surface area contributed by atoms with Crippen molar-refractivity contribution in [2.24, 2.45) is 0 Å². The smallest absolute Gasteiger partial charge is 0.317 e. The lowest BCUT2D eigenvalue weighted by molar-refractivity contribution is -0.134. The Morgan fingerprint density at radius 1 is 1.17 bits per heavy atom. The molecule has 1 N–H and O–H groups in total. The van der Waals surface area contributed by atoms with Crippen LogP contribution >= 0.6 is 11.6 Å². The number of benzene rings is 1. The van der Waals surface area contributed by atoms with E-state index >= 15 is 0 Å². The van der Waals surface area contributed by atoms with Crippen molar-refractivity contribution in [2.75, 3.05) is 43.2 Å². The predicted octanol–water partition coefficient (Wildman–Crippen LogP) is 1.96. The highest BCUT2D eigenvalue weighted by atomic mass is 35.5. The van der Waals surface area contributed by atoms with E-state index in [0.29, 0.717) is 26.1 Å². The third-order valence-corrected chi connectivity index (χ3v) is 6.55. The fourth-order valence-corrected chi connectivity index (χ4v) is 4.79. The second-order valence-corrected chi connectivity index (χ2v) is 8.49. The van der Waals surface area contributed by atoms with Gasteiger partial charge >= 0.3 is 5.37 Å². The van der Waals surface area contributed by atoms with Crippen LogP contribution in [0.5, 0.6) is 0 Å². The van der Waals surface area contributed by atoms with Crippen molar-refractivity contribution in [3.63, 3.8) is 0 Å². The number of rotatable bonds is 5. The van der Waals surface area contributed by atoms with Crippen LogP contribution in [0.3, 0.4) is 0 Å². The van der Waals surface area contributed by atoms with Gasteiger partial charge in [-0.15, -0.1) is 0 Å². The minimum absolute atomic E-state index is 0.0945. The SMILES string of the molecule is CN(c1cccc(N2CCC(N(C(=O)Cl)C3COC3)CC2)c1)C1CCC(=O)NC1=O. The van der Waals surface area contributed by atoms with Gasteiger partial charge in [-0.25, -0.2) is 0 Å². The largest absolute Gasteiger partial charge is 0.377 e. The first-order valence-electron chi connectivity index (χ1n) is 10.4. The lowest BCUT2D eigenvalue weighted by Gasteiger charge is -2.44. The van der Waals surface area contributed by atoms with Gasteiger partial charge in [-0.1, -0.05) is 6.07 Å². The molecule has 4 rings (SSSR count). The van der Waals surface area contributed by atoms with E-state index in [9.17, 15) is 14.4 Å². The van der Waals surface area contributed by atoms with Crippen molar-refractivity contribution in [2.45, 2.75) is 43.8 Å². The maximum absolute atomic E-state index is 12.2. The molecule has 3 heterocycles. The molecule has 0 spiro atoms. The molecule has 3 amide bonds. The summed E-state index contributed by atoms with van der Waals surface area (Å²) in [4.78, 5) is 41.6. The molecule has 30 heavy (non-hydrogen) atoms. The molecule has 3 aliphatic heterocycles. The Hall–Kier alpha value is -2.32.